The largest absolute Gasteiger partial charge is 0.327 e. The molecule has 12 rings (SSSR count). The second-order valence-electron chi connectivity index (χ2n) is 24.4. The van der Waals surface area contributed by atoms with E-state index in [1.165, 1.54) is 4.90 Å². The van der Waals surface area contributed by atoms with Gasteiger partial charge in [0.15, 0.2) is 0 Å². The van der Waals surface area contributed by atoms with Gasteiger partial charge in [0.25, 0.3) is 11.8 Å². The molecule has 8 heterocycles. The van der Waals surface area contributed by atoms with E-state index in [9.17, 15) is 38.4 Å². The number of benzene rings is 4. The van der Waals surface area contributed by atoms with Crippen molar-refractivity contribution in [3.05, 3.63) is 119 Å². The van der Waals surface area contributed by atoms with Crippen LogP contribution in [0.25, 0.3) is 21.5 Å². The first-order valence-electron chi connectivity index (χ1n) is 28.6. The first kappa shape index (κ1) is 60.9. The van der Waals surface area contributed by atoms with Gasteiger partial charge in [-0.25, -0.2) is 4.79 Å². The number of carbonyl (C=O) groups excluding carboxylic acids is 8. The SMILES string of the molecule is CN(C(=O)Cl)C(C)(C)C.CN(C(=O)N1CCC(n2cc(Cc3ccc4c5c(cccc35)C(=O)N4C3CCC(=O)NC3=O)cn2)CC1)C(C)(C)C.Cl.O=C1CCC(N2C(=O)c3cccc4c(Cc5cnn(C6CCNCC6)c5)ccc2c34)C(=O)N1. The summed E-state index contributed by atoms with van der Waals surface area (Å²) in [5.41, 5.74) is 6.68. The van der Waals surface area contributed by atoms with Crippen LogP contribution in [0.15, 0.2) is 85.5 Å². The summed E-state index contributed by atoms with van der Waals surface area (Å²) >= 11 is 5.20. The Labute approximate surface area is 499 Å². The molecule has 444 valence electrons. The highest BCUT2D eigenvalue weighted by molar-refractivity contribution is 6.62. The molecule has 0 radical (unpaired) electrons. The van der Waals surface area contributed by atoms with Gasteiger partial charge in [-0.3, -0.25) is 63.4 Å². The molecule has 0 bridgehead atoms. The third-order valence-electron chi connectivity index (χ3n) is 17.1. The normalized spacial score (nSPS) is 19.1. The van der Waals surface area contributed by atoms with Crippen molar-refractivity contribution in [2.75, 3.05) is 50.1 Å². The second-order valence-corrected chi connectivity index (χ2v) is 24.8. The molecule has 3 N–H and O–H groups in total. The molecule has 4 fully saturated rings. The summed E-state index contributed by atoms with van der Waals surface area (Å²) in [6.45, 7) is 15.3. The zero-order valence-corrected chi connectivity index (χ0v) is 50.4. The summed E-state index contributed by atoms with van der Waals surface area (Å²) in [5.74, 6) is -1.81. The van der Waals surface area contributed by atoms with Crippen LogP contribution >= 0.6 is 24.0 Å². The summed E-state index contributed by atoms with van der Waals surface area (Å²) in [7, 11) is 3.53. The highest BCUT2D eigenvalue weighted by atomic mass is 35.5. The topological polar surface area (TPSA) is 224 Å². The molecule has 84 heavy (non-hydrogen) atoms. The number of nitrogens with zero attached hydrogens (tertiary/aromatic N) is 9. The summed E-state index contributed by atoms with van der Waals surface area (Å²) in [5, 5.41) is 20.7. The number of rotatable bonds is 8. The Bertz CT molecular complexity index is 3570. The number of urea groups is 1. The van der Waals surface area contributed by atoms with Crippen LogP contribution in [0.1, 0.15) is 148 Å². The Kier molecular flexibility index (Phi) is 17.8. The minimum absolute atomic E-state index is 0. The van der Waals surface area contributed by atoms with Gasteiger partial charge in [0, 0.05) is 98.2 Å². The highest BCUT2D eigenvalue weighted by Crippen LogP contribution is 2.43. The van der Waals surface area contributed by atoms with E-state index in [-0.39, 0.29) is 72.0 Å². The molecule has 4 saturated heterocycles. The number of piperidine rings is 4. The van der Waals surface area contributed by atoms with Crippen molar-refractivity contribution >= 4 is 104 Å². The number of hydrogen-bond donors (Lipinski definition) is 3. The molecule has 0 aliphatic carbocycles. The predicted octanol–water partition coefficient (Wildman–Crippen LogP) is 8.69. The lowest BCUT2D eigenvalue weighted by atomic mass is 9.97. The Morgan fingerprint density at radius 2 is 1.02 bits per heavy atom. The zero-order valence-electron chi connectivity index (χ0n) is 48.9. The molecule has 0 saturated carbocycles. The number of halogens is 2. The number of nitrogens with one attached hydrogen (secondary N) is 3. The van der Waals surface area contributed by atoms with Crippen LogP contribution in [-0.4, -0.2) is 145 Å². The van der Waals surface area contributed by atoms with E-state index >= 15 is 0 Å². The van der Waals surface area contributed by atoms with Crippen LogP contribution in [0.3, 0.4) is 0 Å². The second kappa shape index (κ2) is 24.5. The number of likely N-dealkylation sites (tertiary alicyclic amines) is 1. The Morgan fingerprint density at radius 1 is 0.595 bits per heavy atom. The van der Waals surface area contributed by atoms with Gasteiger partial charge in [-0.1, -0.05) is 36.4 Å². The number of amides is 9. The standard InChI is InChI=1S/C31H36N6O4.C25H25N5O3.C6H12ClNO.ClH/c1-31(2,3)34(4)30(41)35-14-12-21(13-15-35)36-18-19(17-32-36)16-20-8-9-24-27-22(20)6-5-7-23(27)29(40)37(24)25-10-11-26(38)33-28(25)39;31-22-7-6-21(24(32)28-22)30-20-5-4-16(18-2-1-3-19(23(18)20)25(30)33)12-15-13-27-29(14-15)17-8-10-26-11-9-17;1-6(2,3)8(4)5(7)9;/h5-9,17-18,21,25H,10-16H2,1-4H3,(H,33,38,39);1-5,13-14,17,21,26H,6-12H2,(H,28,31,32);1-4H3;1H. The van der Waals surface area contributed by atoms with Gasteiger partial charge in [0.1, 0.15) is 12.1 Å². The third kappa shape index (κ3) is 12.3. The monoisotopic (exact) mass is 1180 g/mol. The van der Waals surface area contributed by atoms with E-state index in [2.05, 4.69) is 43.2 Å². The molecular weight excluding hydrogens is 1110 g/mol. The van der Waals surface area contributed by atoms with Crippen molar-refractivity contribution in [2.45, 2.75) is 141 Å². The minimum Gasteiger partial charge on any atom is -0.327 e. The number of carbonyl (C=O) groups is 8. The Hall–Kier alpha value is -7.68. The molecule has 4 aromatic carbocycles. The maximum atomic E-state index is 13.4. The summed E-state index contributed by atoms with van der Waals surface area (Å²) in [4.78, 5) is 107. The summed E-state index contributed by atoms with van der Waals surface area (Å²) in [6, 6.07) is 18.8. The summed E-state index contributed by atoms with van der Waals surface area (Å²) in [6.07, 6.45) is 14.4. The van der Waals surface area contributed by atoms with Gasteiger partial charge < -0.3 is 20.0 Å². The predicted molar refractivity (Wildman–Crippen MR) is 324 cm³/mol. The van der Waals surface area contributed by atoms with Crippen molar-refractivity contribution in [3.8, 4) is 0 Å². The molecule has 6 aliphatic heterocycles. The first-order chi connectivity index (χ1) is 39.5. The van der Waals surface area contributed by atoms with Crippen LogP contribution in [0, 0.1) is 0 Å². The Balaban J connectivity index is 0.000000177. The van der Waals surface area contributed by atoms with E-state index in [0.29, 0.717) is 55.2 Å². The van der Waals surface area contributed by atoms with Gasteiger partial charge in [-0.2, -0.15) is 10.2 Å². The van der Waals surface area contributed by atoms with Crippen molar-refractivity contribution in [2.24, 2.45) is 0 Å². The molecule has 20 nitrogen and oxygen atoms in total. The molecule has 9 amide bonds. The quantitative estimate of drug-likeness (QED) is 0.0743. The number of aromatic nitrogens is 4. The number of hydrogen-bond acceptors (Lipinski definition) is 11. The van der Waals surface area contributed by atoms with Gasteiger partial charge >= 0.3 is 11.4 Å². The highest BCUT2D eigenvalue weighted by Gasteiger charge is 2.43. The minimum atomic E-state index is -0.699. The van der Waals surface area contributed by atoms with Crippen molar-refractivity contribution in [3.63, 3.8) is 0 Å². The Morgan fingerprint density at radius 3 is 1.42 bits per heavy atom. The van der Waals surface area contributed by atoms with Gasteiger partial charge in [-0.05, 0) is 162 Å². The van der Waals surface area contributed by atoms with E-state index < -0.39 is 29.3 Å². The molecule has 6 aliphatic rings. The first-order valence-corrected chi connectivity index (χ1v) is 29.0. The van der Waals surface area contributed by atoms with Crippen LogP contribution in [0.5, 0.6) is 0 Å². The van der Waals surface area contributed by atoms with Crippen LogP contribution in [0.4, 0.5) is 21.0 Å². The van der Waals surface area contributed by atoms with Crippen LogP contribution < -0.4 is 25.8 Å². The van der Waals surface area contributed by atoms with Crippen LogP contribution in [0.2, 0.25) is 0 Å². The van der Waals surface area contributed by atoms with Gasteiger partial charge in [-0.15, -0.1) is 12.4 Å². The molecule has 2 unspecified atom stereocenters. The van der Waals surface area contributed by atoms with E-state index in [1.54, 1.807) is 27.8 Å². The maximum absolute atomic E-state index is 13.4. The molecule has 0 spiro atoms. The van der Waals surface area contributed by atoms with E-state index in [4.69, 9.17) is 11.6 Å². The fourth-order valence-electron chi connectivity index (χ4n) is 11.8. The van der Waals surface area contributed by atoms with Crippen molar-refractivity contribution in [1.82, 2.24) is 50.2 Å². The third-order valence-corrected chi connectivity index (χ3v) is 17.4. The molecule has 22 heteroatoms. The van der Waals surface area contributed by atoms with Crippen molar-refractivity contribution < 1.29 is 38.4 Å². The van der Waals surface area contributed by atoms with Crippen LogP contribution in [-0.2, 0) is 32.0 Å². The molecule has 2 aromatic heterocycles. The average Bonchev–Trinajstić information content (AvgIpc) is 4.45. The van der Waals surface area contributed by atoms with E-state index in [1.807, 2.05) is 125 Å². The summed E-state index contributed by atoms with van der Waals surface area (Å²) < 4.78 is 4.11. The molecule has 6 aromatic rings. The lowest BCUT2D eigenvalue weighted by Crippen LogP contribution is -2.53. The van der Waals surface area contributed by atoms with Crippen molar-refractivity contribution in [1.29, 1.82) is 0 Å². The van der Waals surface area contributed by atoms with E-state index in [0.717, 1.165) is 94.7 Å². The fourth-order valence-corrected chi connectivity index (χ4v) is 12.1. The number of imide groups is 2. The smallest absolute Gasteiger partial charge is 0.320 e. The van der Waals surface area contributed by atoms with Gasteiger partial charge in [0.05, 0.1) is 35.9 Å². The lowest BCUT2D eigenvalue weighted by Gasteiger charge is -2.39. The lowest BCUT2D eigenvalue weighted by molar-refractivity contribution is -0.135. The maximum Gasteiger partial charge on any atom is 0.320 e. The van der Waals surface area contributed by atoms with Gasteiger partial charge in [0.2, 0.25) is 23.6 Å². The zero-order chi connectivity index (χ0) is 59.2. The molecule has 2 atom stereocenters. The fraction of sp³-hybridized carbons (Fsp3) is 0.452. The average molecular weight is 1190 g/mol. The number of anilines is 2. The molecular formula is C62H74Cl2N12O8.